The number of halogens is 1. The van der Waals surface area contributed by atoms with Crippen LogP contribution in [0, 0.1) is 5.82 Å². The first-order valence-corrected chi connectivity index (χ1v) is 7.40. The molecule has 0 N–H and O–H groups in total. The van der Waals surface area contributed by atoms with E-state index in [0.717, 1.165) is 18.7 Å². The number of rotatable bonds is 3. The standard InChI is InChI=1S/C18H20FN/c19-17-12-6-5-11-16(17)18(15-9-3-1-4-10-15)20-13-7-2-8-14-20/h1,3-6,9-12,18H,2,7-8,13-14H2. The lowest BCUT2D eigenvalue weighted by Gasteiger charge is -2.35. The Balaban J connectivity index is 2.01. The van der Waals surface area contributed by atoms with Crippen molar-refractivity contribution in [1.82, 2.24) is 4.90 Å². The summed E-state index contributed by atoms with van der Waals surface area (Å²) in [5, 5.41) is 0. The molecule has 104 valence electrons. The molecular weight excluding hydrogens is 249 g/mol. The summed E-state index contributed by atoms with van der Waals surface area (Å²) in [6.45, 7) is 2.10. The fourth-order valence-electron chi connectivity index (χ4n) is 3.10. The monoisotopic (exact) mass is 269 g/mol. The number of likely N-dealkylation sites (tertiary alicyclic amines) is 1. The van der Waals surface area contributed by atoms with Crippen molar-refractivity contribution < 1.29 is 4.39 Å². The van der Waals surface area contributed by atoms with Gasteiger partial charge in [0.05, 0.1) is 6.04 Å². The molecule has 1 aliphatic heterocycles. The SMILES string of the molecule is Fc1ccccc1C(c1ccccc1)N1CCCCC1. The number of nitrogens with zero attached hydrogens (tertiary/aromatic N) is 1. The Kier molecular flexibility index (Phi) is 4.12. The molecule has 0 aromatic heterocycles. The van der Waals surface area contributed by atoms with Crippen LogP contribution in [0.2, 0.25) is 0 Å². The summed E-state index contributed by atoms with van der Waals surface area (Å²) in [5.74, 6) is -0.105. The summed E-state index contributed by atoms with van der Waals surface area (Å²) in [4.78, 5) is 2.41. The van der Waals surface area contributed by atoms with Crippen LogP contribution in [-0.2, 0) is 0 Å². The summed E-state index contributed by atoms with van der Waals surface area (Å²) in [7, 11) is 0. The Hall–Kier alpha value is -1.67. The molecule has 0 aliphatic carbocycles. The molecule has 3 rings (SSSR count). The average molecular weight is 269 g/mol. The fourth-order valence-corrected chi connectivity index (χ4v) is 3.10. The van der Waals surface area contributed by atoms with Crippen molar-refractivity contribution in [2.24, 2.45) is 0 Å². The molecule has 1 unspecified atom stereocenters. The first-order chi connectivity index (χ1) is 9.86. The molecular formula is C18H20FN. The zero-order valence-electron chi connectivity index (χ0n) is 11.6. The Bertz CT molecular complexity index is 546. The van der Waals surface area contributed by atoms with Crippen molar-refractivity contribution in [2.75, 3.05) is 13.1 Å². The second-order valence-electron chi connectivity index (χ2n) is 5.43. The van der Waals surface area contributed by atoms with Gasteiger partial charge in [0, 0.05) is 5.56 Å². The number of hydrogen-bond donors (Lipinski definition) is 0. The van der Waals surface area contributed by atoms with E-state index in [1.54, 1.807) is 12.1 Å². The third kappa shape index (κ3) is 2.75. The van der Waals surface area contributed by atoms with Crippen molar-refractivity contribution in [3.63, 3.8) is 0 Å². The van der Waals surface area contributed by atoms with E-state index in [9.17, 15) is 4.39 Å². The van der Waals surface area contributed by atoms with Gasteiger partial charge in [-0.1, -0.05) is 55.0 Å². The Morgan fingerprint density at radius 3 is 2.15 bits per heavy atom. The molecule has 1 atom stereocenters. The molecule has 1 heterocycles. The van der Waals surface area contributed by atoms with Crippen LogP contribution in [0.1, 0.15) is 36.4 Å². The number of benzene rings is 2. The molecule has 1 aliphatic rings. The van der Waals surface area contributed by atoms with Crippen molar-refractivity contribution in [3.05, 3.63) is 71.5 Å². The van der Waals surface area contributed by atoms with Gasteiger partial charge in [-0.15, -0.1) is 0 Å². The molecule has 0 bridgehead atoms. The van der Waals surface area contributed by atoms with Crippen molar-refractivity contribution in [2.45, 2.75) is 25.3 Å². The van der Waals surface area contributed by atoms with Gasteiger partial charge in [-0.25, -0.2) is 4.39 Å². The maximum Gasteiger partial charge on any atom is 0.128 e. The highest BCUT2D eigenvalue weighted by molar-refractivity contribution is 5.32. The first-order valence-electron chi connectivity index (χ1n) is 7.40. The predicted octanol–water partition coefficient (Wildman–Crippen LogP) is 4.40. The van der Waals surface area contributed by atoms with Crippen LogP contribution in [0.15, 0.2) is 54.6 Å². The highest BCUT2D eigenvalue weighted by atomic mass is 19.1. The largest absolute Gasteiger partial charge is 0.292 e. The third-order valence-electron chi connectivity index (χ3n) is 4.07. The van der Waals surface area contributed by atoms with Gasteiger partial charge in [0.2, 0.25) is 0 Å². The summed E-state index contributed by atoms with van der Waals surface area (Å²) < 4.78 is 14.3. The van der Waals surface area contributed by atoms with E-state index >= 15 is 0 Å². The first kappa shape index (κ1) is 13.3. The van der Waals surface area contributed by atoms with Gasteiger partial charge in [-0.3, -0.25) is 4.90 Å². The minimum absolute atomic E-state index is 0.0395. The lowest BCUT2D eigenvalue weighted by Crippen LogP contribution is -2.34. The zero-order valence-corrected chi connectivity index (χ0v) is 11.6. The van der Waals surface area contributed by atoms with Crippen molar-refractivity contribution in [1.29, 1.82) is 0 Å². The summed E-state index contributed by atoms with van der Waals surface area (Å²) in [6, 6.07) is 17.5. The molecule has 1 saturated heterocycles. The topological polar surface area (TPSA) is 3.24 Å². The fraction of sp³-hybridized carbons (Fsp3) is 0.333. The van der Waals surface area contributed by atoms with Crippen LogP contribution in [0.4, 0.5) is 4.39 Å². The molecule has 2 aromatic carbocycles. The molecule has 20 heavy (non-hydrogen) atoms. The van der Waals surface area contributed by atoms with E-state index < -0.39 is 0 Å². The average Bonchev–Trinajstić information content (AvgIpc) is 2.52. The second-order valence-corrected chi connectivity index (χ2v) is 5.43. The van der Waals surface area contributed by atoms with Crippen LogP contribution < -0.4 is 0 Å². The normalized spacial score (nSPS) is 17.9. The molecule has 0 spiro atoms. The van der Waals surface area contributed by atoms with Crippen LogP contribution in [0.3, 0.4) is 0 Å². The summed E-state index contributed by atoms with van der Waals surface area (Å²) in [5.41, 5.74) is 1.97. The Morgan fingerprint density at radius 1 is 0.800 bits per heavy atom. The van der Waals surface area contributed by atoms with Crippen molar-refractivity contribution >= 4 is 0 Å². The van der Waals surface area contributed by atoms with E-state index in [2.05, 4.69) is 17.0 Å². The minimum Gasteiger partial charge on any atom is -0.292 e. The second kappa shape index (κ2) is 6.19. The smallest absolute Gasteiger partial charge is 0.128 e. The molecule has 0 radical (unpaired) electrons. The molecule has 1 fully saturated rings. The van der Waals surface area contributed by atoms with E-state index in [4.69, 9.17) is 0 Å². The minimum atomic E-state index is -0.105. The number of piperidine rings is 1. The molecule has 0 amide bonds. The van der Waals surface area contributed by atoms with Crippen LogP contribution in [-0.4, -0.2) is 18.0 Å². The quantitative estimate of drug-likeness (QED) is 0.798. The third-order valence-corrected chi connectivity index (χ3v) is 4.07. The van der Waals surface area contributed by atoms with Gasteiger partial charge in [0.1, 0.15) is 5.82 Å². The van der Waals surface area contributed by atoms with Crippen LogP contribution in [0.5, 0.6) is 0 Å². The Morgan fingerprint density at radius 2 is 1.45 bits per heavy atom. The summed E-state index contributed by atoms with van der Waals surface area (Å²) >= 11 is 0. The van der Waals surface area contributed by atoms with Gasteiger partial charge in [0.25, 0.3) is 0 Å². The lowest BCUT2D eigenvalue weighted by atomic mass is 9.94. The van der Waals surface area contributed by atoms with Gasteiger partial charge in [0.15, 0.2) is 0 Å². The Labute approximate surface area is 120 Å². The molecule has 2 heteroatoms. The van der Waals surface area contributed by atoms with E-state index in [1.165, 1.54) is 24.8 Å². The van der Waals surface area contributed by atoms with Gasteiger partial charge in [-0.2, -0.15) is 0 Å². The number of hydrogen-bond acceptors (Lipinski definition) is 1. The van der Waals surface area contributed by atoms with Crippen LogP contribution >= 0.6 is 0 Å². The van der Waals surface area contributed by atoms with Crippen molar-refractivity contribution in [3.8, 4) is 0 Å². The lowest BCUT2D eigenvalue weighted by molar-refractivity contribution is 0.184. The molecule has 0 saturated carbocycles. The van der Waals surface area contributed by atoms with E-state index in [0.29, 0.717) is 0 Å². The highest BCUT2D eigenvalue weighted by Gasteiger charge is 2.25. The van der Waals surface area contributed by atoms with Crippen LogP contribution in [0.25, 0.3) is 0 Å². The molecule has 2 aromatic rings. The van der Waals surface area contributed by atoms with Gasteiger partial charge in [-0.05, 0) is 37.6 Å². The van der Waals surface area contributed by atoms with Gasteiger partial charge >= 0.3 is 0 Å². The van der Waals surface area contributed by atoms with E-state index in [1.807, 2.05) is 30.3 Å². The maximum absolute atomic E-state index is 14.3. The maximum atomic E-state index is 14.3. The zero-order chi connectivity index (χ0) is 13.8. The summed E-state index contributed by atoms with van der Waals surface area (Å²) in [6.07, 6.45) is 3.70. The molecule has 1 nitrogen and oxygen atoms in total. The van der Waals surface area contributed by atoms with Gasteiger partial charge < -0.3 is 0 Å². The van der Waals surface area contributed by atoms with E-state index in [-0.39, 0.29) is 11.9 Å². The highest BCUT2D eigenvalue weighted by Crippen LogP contribution is 2.32. The predicted molar refractivity (Wildman–Crippen MR) is 80.1 cm³/mol.